The minimum atomic E-state index is -0.328. The summed E-state index contributed by atoms with van der Waals surface area (Å²) in [5, 5.41) is 1.24. The summed E-state index contributed by atoms with van der Waals surface area (Å²) in [5.41, 5.74) is 10.2. The van der Waals surface area contributed by atoms with Crippen molar-refractivity contribution in [3.63, 3.8) is 0 Å². The molecule has 2 aliphatic rings. The number of anilines is 1. The van der Waals surface area contributed by atoms with Crippen LogP contribution in [0, 0.1) is 13.8 Å². The van der Waals surface area contributed by atoms with Crippen molar-refractivity contribution < 1.29 is 9.53 Å². The summed E-state index contributed by atoms with van der Waals surface area (Å²) < 4.78 is 7.31. The molecule has 0 radical (unpaired) electrons. The molecule has 40 heavy (non-hydrogen) atoms. The van der Waals surface area contributed by atoms with Gasteiger partial charge in [-0.25, -0.2) is 9.78 Å². The fourth-order valence-electron chi connectivity index (χ4n) is 6.08. The molecule has 0 saturated carbocycles. The third kappa shape index (κ3) is 5.55. The van der Waals surface area contributed by atoms with Gasteiger partial charge in [-0.1, -0.05) is 12.1 Å². The number of carbonyl (C=O) groups excluding carboxylic acids is 1. The quantitative estimate of drug-likeness (QED) is 0.279. The predicted molar refractivity (Wildman–Crippen MR) is 165 cm³/mol. The molecule has 2 aliphatic heterocycles. The van der Waals surface area contributed by atoms with Crippen LogP contribution in [0.25, 0.3) is 16.6 Å². The monoisotopic (exact) mass is 581 g/mol. The molecule has 0 N–H and O–H groups in total. The topological polar surface area (TPSA) is 63.5 Å². The van der Waals surface area contributed by atoms with Crippen molar-refractivity contribution in [1.82, 2.24) is 19.4 Å². The van der Waals surface area contributed by atoms with E-state index in [1.165, 1.54) is 27.8 Å². The standard InChI is InChI=1S/C31H35N5O2.2ClH/c1-4-38-31(37)30-29-13-11-24-23(21(2)8-12-28(24)36(29)20-32-30)14-15-34-16-18-35(19-17-34)27-7-5-6-26-25(27)10-9-22(3)33-26;;/h5-10,12,20H,4,11,13-19H2,1-3H3;2*1H. The molecule has 0 spiro atoms. The number of halogens is 2. The van der Waals surface area contributed by atoms with Gasteiger partial charge >= 0.3 is 5.97 Å². The summed E-state index contributed by atoms with van der Waals surface area (Å²) in [6.45, 7) is 11.7. The van der Waals surface area contributed by atoms with E-state index in [-0.39, 0.29) is 30.8 Å². The molecule has 0 bridgehead atoms. The molecular formula is C31H37Cl2N5O2. The first-order valence-electron chi connectivity index (χ1n) is 13.7. The van der Waals surface area contributed by atoms with Crippen molar-refractivity contribution in [3.8, 4) is 5.69 Å². The summed E-state index contributed by atoms with van der Waals surface area (Å²) >= 11 is 0. The second-order valence-electron chi connectivity index (χ2n) is 10.4. The number of imidazole rings is 1. The number of ether oxygens (including phenoxy) is 1. The Morgan fingerprint density at radius 1 is 0.950 bits per heavy atom. The average molecular weight is 583 g/mol. The maximum atomic E-state index is 12.4. The van der Waals surface area contributed by atoms with Gasteiger partial charge in [0.15, 0.2) is 5.69 Å². The highest BCUT2D eigenvalue weighted by Gasteiger charge is 2.27. The number of benzene rings is 2. The van der Waals surface area contributed by atoms with E-state index in [2.05, 4.69) is 68.7 Å². The third-order valence-corrected chi connectivity index (χ3v) is 8.09. The summed E-state index contributed by atoms with van der Waals surface area (Å²) in [6.07, 6.45) is 4.53. The molecule has 1 saturated heterocycles. The highest BCUT2D eigenvalue weighted by molar-refractivity contribution is 5.92. The molecule has 7 nitrogen and oxygen atoms in total. The lowest BCUT2D eigenvalue weighted by Crippen LogP contribution is -2.47. The maximum Gasteiger partial charge on any atom is 0.358 e. The van der Waals surface area contributed by atoms with Gasteiger partial charge in [-0.3, -0.25) is 9.88 Å². The van der Waals surface area contributed by atoms with Crippen LogP contribution >= 0.6 is 24.8 Å². The van der Waals surface area contributed by atoms with Crippen molar-refractivity contribution >= 4 is 47.4 Å². The van der Waals surface area contributed by atoms with Crippen LogP contribution in [0.5, 0.6) is 0 Å². The lowest BCUT2D eigenvalue weighted by molar-refractivity contribution is 0.0518. The zero-order valence-corrected chi connectivity index (χ0v) is 25.0. The zero-order chi connectivity index (χ0) is 26.2. The molecule has 212 valence electrons. The van der Waals surface area contributed by atoms with Gasteiger partial charge in [0.05, 0.1) is 23.5 Å². The summed E-state index contributed by atoms with van der Waals surface area (Å²) in [6, 6.07) is 15.2. The molecular weight excluding hydrogens is 545 g/mol. The van der Waals surface area contributed by atoms with Gasteiger partial charge in [0.1, 0.15) is 6.33 Å². The number of pyridine rings is 1. The molecule has 0 amide bonds. The van der Waals surface area contributed by atoms with Gasteiger partial charge in [0.2, 0.25) is 0 Å². The molecule has 2 aromatic heterocycles. The first kappa shape index (κ1) is 29.8. The maximum absolute atomic E-state index is 12.4. The number of rotatable bonds is 6. The van der Waals surface area contributed by atoms with Crippen LogP contribution in [0.15, 0.2) is 48.8 Å². The summed E-state index contributed by atoms with van der Waals surface area (Å²) in [5.74, 6) is -0.328. The molecule has 0 aliphatic carbocycles. The van der Waals surface area contributed by atoms with E-state index in [1.807, 2.05) is 13.8 Å². The van der Waals surface area contributed by atoms with Gasteiger partial charge in [0.25, 0.3) is 0 Å². The van der Waals surface area contributed by atoms with E-state index < -0.39 is 0 Å². The number of fused-ring (bicyclic) bond motifs is 4. The number of carbonyl (C=O) groups is 1. The van der Waals surface area contributed by atoms with Crippen molar-refractivity contribution in [2.24, 2.45) is 0 Å². The average Bonchev–Trinajstić information content (AvgIpc) is 3.37. The van der Waals surface area contributed by atoms with E-state index in [9.17, 15) is 4.79 Å². The molecule has 4 aromatic rings. The van der Waals surface area contributed by atoms with E-state index >= 15 is 0 Å². The SMILES string of the molecule is CCOC(=O)c1ncn2c1CCc1c-2ccc(C)c1CCN1CCN(c2cccc3nc(C)ccc23)CC1.Cl.Cl. The second kappa shape index (κ2) is 12.6. The van der Waals surface area contributed by atoms with Crippen molar-refractivity contribution in [3.05, 3.63) is 82.6 Å². The molecule has 9 heteroatoms. The van der Waals surface area contributed by atoms with Crippen LogP contribution in [0.3, 0.4) is 0 Å². The minimum absolute atomic E-state index is 0. The van der Waals surface area contributed by atoms with E-state index in [0.717, 1.165) is 74.6 Å². The Balaban J connectivity index is 0.00000185. The van der Waals surface area contributed by atoms with Gasteiger partial charge in [-0.15, -0.1) is 24.8 Å². The van der Waals surface area contributed by atoms with Crippen molar-refractivity contribution in [2.45, 2.75) is 40.0 Å². The Hall–Kier alpha value is -3.13. The van der Waals surface area contributed by atoms with E-state index in [0.29, 0.717) is 12.3 Å². The molecule has 0 unspecified atom stereocenters. The Morgan fingerprint density at radius 3 is 2.52 bits per heavy atom. The van der Waals surface area contributed by atoms with Crippen LogP contribution in [-0.2, 0) is 24.0 Å². The fraction of sp³-hybridized carbons (Fsp3) is 0.387. The number of hydrogen-bond donors (Lipinski definition) is 0. The number of aryl methyl sites for hydroxylation is 2. The Kier molecular flexibility index (Phi) is 9.39. The smallest absolute Gasteiger partial charge is 0.358 e. The van der Waals surface area contributed by atoms with Gasteiger partial charge < -0.3 is 14.2 Å². The number of piperazine rings is 1. The first-order valence-corrected chi connectivity index (χ1v) is 13.7. The highest BCUT2D eigenvalue weighted by atomic mass is 35.5. The van der Waals surface area contributed by atoms with Crippen molar-refractivity contribution in [2.75, 3.05) is 44.2 Å². The Labute approximate surface area is 248 Å². The third-order valence-electron chi connectivity index (χ3n) is 8.09. The lowest BCUT2D eigenvalue weighted by atomic mass is 9.91. The molecule has 2 aromatic carbocycles. The second-order valence-corrected chi connectivity index (χ2v) is 10.4. The number of aromatic nitrogens is 3. The van der Waals surface area contributed by atoms with Crippen LogP contribution in [-0.4, -0.2) is 64.7 Å². The Morgan fingerprint density at radius 2 is 1.75 bits per heavy atom. The molecule has 0 atom stereocenters. The normalized spacial score (nSPS) is 14.6. The molecule has 1 fully saturated rings. The first-order chi connectivity index (χ1) is 18.5. The van der Waals surface area contributed by atoms with Gasteiger partial charge in [-0.2, -0.15) is 0 Å². The predicted octanol–water partition coefficient (Wildman–Crippen LogP) is 5.52. The number of esters is 1. The lowest BCUT2D eigenvalue weighted by Gasteiger charge is -2.37. The fourth-order valence-corrected chi connectivity index (χ4v) is 6.08. The van der Waals surface area contributed by atoms with Gasteiger partial charge in [0, 0.05) is 49.5 Å². The summed E-state index contributed by atoms with van der Waals surface area (Å²) in [7, 11) is 0. The minimum Gasteiger partial charge on any atom is -0.461 e. The van der Waals surface area contributed by atoms with Crippen LogP contribution in [0.1, 0.15) is 45.5 Å². The largest absolute Gasteiger partial charge is 0.461 e. The number of hydrogen-bond acceptors (Lipinski definition) is 6. The number of nitrogens with zero attached hydrogens (tertiary/aromatic N) is 5. The van der Waals surface area contributed by atoms with Gasteiger partial charge in [-0.05, 0) is 87.1 Å². The Bertz CT molecular complexity index is 1510. The van der Waals surface area contributed by atoms with Crippen LogP contribution in [0.4, 0.5) is 5.69 Å². The van der Waals surface area contributed by atoms with Crippen LogP contribution < -0.4 is 4.90 Å². The molecule has 4 heterocycles. The van der Waals surface area contributed by atoms with E-state index in [1.54, 1.807) is 6.33 Å². The van der Waals surface area contributed by atoms with Crippen molar-refractivity contribution in [1.29, 1.82) is 0 Å². The zero-order valence-electron chi connectivity index (χ0n) is 23.4. The van der Waals surface area contributed by atoms with Crippen LogP contribution in [0.2, 0.25) is 0 Å². The van der Waals surface area contributed by atoms with E-state index in [4.69, 9.17) is 9.72 Å². The molecule has 6 rings (SSSR count). The summed E-state index contributed by atoms with van der Waals surface area (Å²) in [4.78, 5) is 26.6. The highest BCUT2D eigenvalue weighted by Crippen LogP contribution is 2.32.